The molecule has 0 radical (unpaired) electrons. The summed E-state index contributed by atoms with van der Waals surface area (Å²) in [6, 6.07) is 11.2. The van der Waals surface area contributed by atoms with Crippen LogP contribution in [0.2, 0.25) is 0 Å². The van der Waals surface area contributed by atoms with Crippen molar-refractivity contribution in [1.29, 1.82) is 0 Å². The normalized spacial score (nSPS) is 18.1. The van der Waals surface area contributed by atoms with Gasteiger partial charge in [-0.1, -0.05) is 43.5 Å². The van der Waals surface area contributed by atoms with Crippen LogP contribution in [0.4, 0.5) is 0 Å². The fourth-order valence-electron chi connectivity index (χ4n) is 3.27. The Hall–Kier alpha value is -1.12. The molecule has 1 saturated carbocycles. The molecule has 0 spiro atoms. The summed E-state index contributed by atoms with van der Waals surface area (Å²) in [5, 5.41) is 2.13. The fourth-order valence-corrected chi connectivity index (χ4v) is 4.22. The van der Waals surface area contributed by atoms with Crippen LogP contribution >= 0.6 is 11.3 Å². The van der Waals surface area contributed by atoms with E-state index in [1.165, 1.54) is 53.7 Å². The Labute approximate surface area is 125 Å². The zero-order valence-electron chi connectivity index (χ0n) is 12.1. The van der Waals surface area contributed by atoms with Gasteiger partial charge in [0, 0.05) is 4.88 Å². The first-order chi connectivity index (χ1) is 9.75. The summed E-state index contributed by atoms with van der Waals surface area (Å²) in [5.41, 5.74) is 10.4. The summed E-state index contributed by atoms with van der Waals surface area (Å²) in [6.07, 6.45) is 6.91. The Morgan fingerprint density at radius 3 is 2.35 bits per heavy atom. The molecule has 1 atom stereocenters. The van der Waals surface area contributed by atoms with Gasteiger partial charge in [0.15, 0.2) is 0 Å². The maximum absolute atomic E-state index is 6.40. The Balaban J connectivity index is 1.77. The number of hydrogen-bond acceptors (Lipinski definition) is 2. The van der Waals surface area contributed by atoms with E-state index < -0.39 is 0 Å². The Kier molecular flexibility index (Phi) is 4.23. The predicted octanol–water partition coefficient (Wildman–Crippen LogP) is 5.15. The molecule has 0 aliphatic heterocycles. The van der Waals surface area contributed by atoms with Crippen LogP contribution in [0.25, 0.3) is 0 Å². The number of rotatable bonds is 3. The van der Waals surface area contributed by atoms with Crippen molar-refractivity contribution in [2.75, 3.05) is 0 Å². The molecule has 3 rings (SSSR count). The van der Waals surface area contributed by atoms with Gasteiger partial charge >= 0.3 is 0 Å². The average Bonchev–Trinajstić information content (AvgIpc) is 2.94. The van der Waals surface area contributed by atoms with Crippen molar-refractivity contribution in [3.05, 3.63) is 57.3 Å². The topological polar surface area (TPSA) is 26.0 Å². The molecule has 0 amide bonds. The third-order valence-electron chi connectivity index (χ3n) is 4.56. The SMILES string of the molecule is Cc1ccsc1C(N)c1ccc(C2CCCCC2)cc1. The molecule has 1 unspecified atom stereocenters. The van der Waals surface area contributed by atoms with Crippen LogP contribution in [-0.4, -0.2) is 0 Å². The van der Waals surface area contributed by atoms with Gasteiger partial charge in [-0.05, 0) is 53.8 Å². The van der Waals surface area contributed by atoms with Gasteiger partial charge in [-0.15, -0.1) is 11.3 Å². The number of thiophene rings is 1. The molecule has 1 aliphatic carbocycles. The third kappa shape index (κ3) is 2.82. The number of hydrogen-bond donors (Lipinski definition) is 1. The van der Waals surface area contributed by atoms with Crippen LogP contribution in [0.3, 0.4) is 0 Å². The first-order valence-corrected chi connectivity index (χ1v) is 8.53. The smallest absolute Gasteiger partial charge is 0.0648 e. The van der Waals surface area contributed by atoms with Gasteiger partial charge < -0.3 is 5.73 Å². The second kappa shape index (κ2) is 6.11. The summed E-state index contributed by atoms with van der Waals surface area (Å²) >= 11 is 1.76. The maximum atomic E-state index is 6.40. The van der Waals surface area contributed by atoms with E-state index in [-0.39, 0.29) is 6.04 Å². The van der Waals surface area contributed by atoms with Gasteiger partial charge in [0.25, 0.3) is 0 Å². The molecule has 106 valence electrons. The molecule has 1 fully saturated rings. The second-order valence-electron chi connectivity index (χ2n) is 5.95. The second-order valence-corrected chi connectivity index (χ2v) is 6.89. The largest absolute Gasteiger partial charge is 0.320 e. The first kappa shape index (κ1) is 13.8. The number of benzene rings is 1. The van der Waals surface area contributed by atoms with Crippen LogP contribution in [0.15, 0.2) is 35.7 Å². The highest BCUT2D eigenvalue weighted by Gasteiger charge is 2.17. The number of aryl methyl sites for hydroxylation is 1. The highest BCUT2D eigenvalue weighted by atomic mass is 32.1. The van der Waals surface area contributed by atoms with E-state index in [2.05, 4.69) is 42.6 Å². The van der Waals surface area contributed by atoms with Gasteiger partial charge in [-0.25, -0.2) is 0 Å². The van der Waals surface area contributed by atoms with Crippen LogP contribution < -0.4 is 5.73 Å². The van der Waals surface area contributed by atoms with E-state index in [1.54, 1.807) is 11.3 Å². The summed E-state index contributed by atoms with van der Waals surface area (Å²) in [6.45, 7) is 2.14. The molecule has 2 heteroatoms. The molecule has 1 aromatic carbocycles. The molecular weight excluding hydrogens is 262 g/mol. The zero-order valence-corrected chi connectivity index (χ0v) is 13.0. The van der Waals surface area contributed by atoms with Gasteiger partial charge in [-0.3, -0.25) is 0 Å². The van der Waals surface area contributed by atoms with Crippen molar-refractivity contribution >= 4 is 11.3 Å². The highest BCUT2D eigenvalue weighted by Crippen LogP contribution is 2.34. The Morgan fingerprint density at radius 1 is 1.05 bits per heavy atom. The van der Waals surface area contributed by atoms with E-state index in [1.807, 2.05) is 0 Å². The van der Waals surface area contributed by atoms with Crippen molar-refractivity contribution in [1.82, 2.24) is 0 Å². The van der Waals surface area contributed by atoms with Gasteiger partial charge in [0.05, 0.1) is 6.04 Å². The molecule has 1 heterocycles. The van der Waals surface area contributed by atoms with E-state index in [0.29, 0.717) is 0 Å². The lowest BCUT2D eigenvalue weighted by Gasteiger charge is -2.22. The minimum absolute atomic E-state index is 0.0235. The molecule has 0 bridgehead atoms. The Morgan fingerprint density at radius 2 is 1.75 bits per heavy atom. The molecule has 1 aromatic heterocycles. The zero-order chi connectivity index (χ0) is 13.9. The van der Waals surface area contributed by atoms with Gasteiger partial charge in [0.1, 0.15) is 0 Å². The summed E-state index contributed by atoms with van der Waals surface area (Å²) < 4.78 is 0. The molecule has 2 aromatic rings. The molecule has 0 saturated heterocycles. The minimum Gasteiger partial charge on any atom is -0.320 e. The lowest BCUT2D eigenvalue weighted by atomic mass is 9.83. The molecule has 2 N–H and O–H groups in total. The summed E-state index contributed by atoms with van der Waals surface area (Å²) in [5.74, 6) is 0.775. The maximum Gasteiger partial charge on any atom is 0.0648 e. The first-order valence-electron chi connectivity index (χ1n) is 7.65. The summed E-state index contributed by atoms with van der Waals surface area (Å²) in [7, 11) is 0. The monoisotopic (exact) mass is 285 g/mol. The minimum atomic E-state index is 0.0235. The predicted molar refractivity (Wildman–Crippen MR) is 87.4 cm³/mol. The van der Waals surface area contributed by atoms with Gasteiger partial charge in [-0.2, -0.15) is 0 Å². The van der Waals surface area contributed by atoms with E-state index >= 15 is 0 Å². The average molecular weight is 285 g/mol. The molecule has 1 nitrogen and oxygen atoms in total. The van der Waals surface area contributed by atoms with E-state index in [4.69, 9.17) is 5.73 Å². The molecule has 20 heavy (non-hydrogen) atoms. The van der Waals surface area contributed by atoms with E-state index in [9.17, 15) is 0 Å². The van der Waals surface area contributed by atoms with Crippen molar-refractivity contribution in [3.8, 4) is 0 Å². The lowest BCUT2D eigenvalue weighted by molar-refractivity contribution is 0.443. The van der Waals surface area contributed by atoms with Crippen LogP contribution in [-0.2, 0) is 0 Å². The van der Waals surface area contributed by atoms with Crippen LogP contribution in [0.1, 0.15) is 65.6 Å². The van der Waals surface area contributed by atoms with Crippen LogP contribution in [0.5, 0.6) is 0 Å². The standard InChI is InChI=1S/C18H23NS/c1-13-11-12-20-18(13)17(19)16-9-7-15(8-10-16)14-5-3-2-4-6-14/h7-12,14,17H,2-6,19H2,1H3. The summed E-state index contributed by atoms with van der Waals surface area (Å²) in [4.78, 5) is 1.29. The quantitative estimate of drug-likeness (QED) is 0.829. The molecular formula is C18H23NS. The lowest BCUT2D eigenvalue weighted by Crippen LogP contribution is -2.11. The van der Waals surface area contributed by atoms with Gasteiger partial charge in [0.2, 0.25) is 0 Å². The van der Waals surface area contributed by atoms with Crippen LogP contribution in [0, 0.1) is 6.92 Å². The third-order valence-corrected chi connectivity index (χ3v) is 5.66. The highest BCUT2D eigenvalue weighted by molar-refractivity contribution is 7.10. The van der Waals surface area contributed by atoms with Crippen molar-refractivity contribution in [3.63, 3.8) is 0 Å². The Bertz CT molecular complexity index is 549. The van der Waals surface area contributed by atoms with Crippen molar-refractivity contribution in [2.24, 2.45) is 5.73 Å². The molecule has 1 aliphatic rings. The van der Waals surface area contributed by atoms with E-state index in [0.717, 1.165) is 5.92 Å². The fraction of sp³-hybridized carbons (Fsp3) is 0.444. The van der Waals surface area contributed by atoms with Crippen molar-refractivity contribution in [2.45, 2.75) is 51.0 Å². The number of nitrogens with two attached hydrogens (primary N) is 1. The van der Waals surface area contributed by atoms with Crippen molar-refractivity contribution < 1.29 is 0 Å².